The van der Waals surface area contributed by atoms with Gasteiger partial charge in [-0.3, -0.25) is 9.63 Å². The van der Waals surface area contributed by atoms with E-state index in [0.29, 0.717) is 19.1 Å². The Kier molecular flexibility index (Phi) is 8.55. The fourth-order valence-corrected chi connectivity index (χ4v) is 3.50. The van der Waals surface area contributed by atoms with Gasteiger partial charge in [0.05, 0.1) is 19.3 Å². The van der Waals surface area contributed by atoms with Gasteiger partial charge in [0, 0.05) is 32.1 Å². The van der Waals surface area contributed by atoms with Gasteiger partial charge in [0.15, 0.2) is 0 Å². The molecular formula is C21H32N2O4. The molecule has 1 aromatic rings. The second-order valence-corrected chi connectivity index (χ2v) is 7.51. The molecule has 3 atom stereocenters. The van der Waals surface area contributed by atoms with Crippen LogP contribution in [0.15, 0.2) is 30.3 Å². The Morgan fingerprint density at radius 1 is 1.22 bits per heavy atom. The number of rotatable bonds is 11. The summed E-state index contributed by atoms with van der Waals surface area (Å²) in [5.41, 5.74) is 4.11. The van der Waals surface area contributed by atoms with Gasteiger partial charge in [-0.05, 0) is 24.8 Å². The third kappa shape index (κ3) is 7.22. The molecule has 0 aliphatic carbocycles. The predicted molar refractivity (Wildman–Crippen MR) is 103 cm³/mol. The molecule has 150 valence electrons. The average molecular weight is 376 g/mol. The minimum atomic E-state index is -0.230. The minimum Gasteiger partial charge on any atom is -0.381 e. The third-order valence-electron chi connectivity index (χ3n) is 5.21. The SMILES string of the molecule is O=C(NCC1CCOC1)C1CC(CCCCCOCc2ccccc2)ON1. The normalized spacial score (nSPS) is 25.0. The number of carbonyl (C=O) groups excluding carboxylic acids is 1. The number of benzene rings is 1. The lowest BCUT2D eigenvalue weighted by molar-refractivity contribution is -0.124. The summed E-state index contributed by atoms with van der Waals surface area (Å²) in [4.78, 5) is 17.8. The van der Waals surface area contributed by atoms with E-state index in [0.717, 1.165) is 58.3 Å². The highest BCUT2D eigenvalue weighted by molar-refractivity contribution is 5.81. The maximum atomic E-state index is 12.2. The van der Waals surface area contributed by atoms with E-state index in [1.165, 1.54) is 5.56 Å². The molecule has 2 aliphatic heterocycles. The van der Waals surface area contributed by atoms with E-state index in [-0.39, 0.29) is 18.1 Å². The average Bonchev–Trinajstić information content (AvgIpc) is 3.38. The molecule has 0 radical (unpaired) electrons. The Bertz CT molecular complexity index is 548. The minimum absolute atomic E-state index is 0.0405. The van der Waals surface area contributed by atoms with Crippen LogP contribution in [0, 0.1) is 5.92 Å². The molecule has 6 heteroatoms. The van der Waals surface area contributed by atoms with Crippen molar-refractivity contribution in [2.24, 2.45) is 5.92 Å². The van der Waals surface area contributed by atoms with E-state index in [2.05, 4.69) is 22.9 Å². The van der Waals surface area contributed by atoms with E-state index in [4.69, 9.17) is 14.3 Å². The van der Waals surface area contributed by atoms with Gasteiger partial charge in [-0.15, -0.1) is 0 Å². The van der Waals surface area contributed by atoms with Gasteiger partial charge in [-0.2, -0.15) is 5.48 Å². The van der Waals surface area contributed by atoms with Gasteiger partial charge in [0.2, 0.25) is 5.91 Å². The highest BCUT2D eigenvalue weighted by Gasteiger charge is 2.30. The van der Waals surface area contributed by atoms with E-state index in [1.807, 2.05) is 18.2 Å². The van der Waals surface area contributed by atoms with Crippen LogP contribution in [0.4, 0.5) is 0 Å². The van der Waals surface area contributed by atoms with Crippen LogP contribution in [0.1, 0.15) is 44.1 Å². The second kappa shape index (κ2) is 11.4. The van der Waals surface area contributed by atoms with Crippen molar-refractivity contribution >= 4 is 5.91 Å². The predicted octanol–water partition coefficient (Wildman–Crippen LogP) is 2.58. The Morgan fingerprint density at radius 2 is 2.11 bits per heavy atom. The quantitative estimate of drug-likeness (QED) is 0.581. The van der Waals surface area contributed by atoms with Crippen LogP contribution in [0.2, 0.25) is 0 Å². The number of hydrogen-bond donors (Lipinski definition) is 2. The van der Waals surface area contributed by atoms with Crippen molar-refractivity contribution in [1.29, 1.82) is 0 Å². The van der Waals surface area contributed by atoms with Crippen molar-refractivity contribution < 1.29 is 19.1 Å². The van der Waals surface area contributed by atoms with Gasteiger partial charge >= 0.3 is 0 Å². The number of amides is 1. The molecule has 2 fully saturated rings. The molecule has 1 aromatic carbocycles. The Morgan fingerprint density at radius 3 is 2.93 bits per heavy atom. The van der Waals surface area contributed by atoms with Crippen molar-refractivity contribution in [3.63, 3.8) is 0 Å². The zero-order valence-electron chi connectivity index (χ0n) is 16.0. The van der Waals surface area contributed by atoms with Crippen LogP contribution in [-0.2, 0) is 25.7 Å². The zero-order chi connectivity index (χ0) is 18.7. The van der Waals surface area contributed by atoms with Crippen molar-refractivity contribution in [2.75, 3.05) is 26.4 Å². The first-order chi connectivity index (χ1) is 13.3. The molecule has 3 rings (SSSR count). The maximum absolute atomic E-state index is 12.2. The van der Waals surface area contributed by atoms with Crippen LogP contribution in [-0.4, -0.2) is 44.4 Å². The van der Waals surface area contributed by atoms with Gasteiger partial charge < -0.3 is 14.8 Å². The number of ether oxygens (including phenoxy) is 2. The van der Waals surface area contributed by atoms with E-state index < -0.39 is 0 Å². The van der Waals surface area contributed by atoms with Crippen LogP contribution < -0.4 is 10.8 Å². The van der Waals surface area contributed by atoms with E-state index in [1.54, 1.807) is 0 Å². The summed E-state index contributed by atoms with van der Waals surface area (Å²) in [5, 5.41) is 3.01. The molecule has 6 nitrogen and oxygen atoms in total. The molecule has 0 spiro atoms. The van der Waals surface area contributed by atoms with Crippen molar-refractivity contribution in [1.82, 2.24) is 10.8 Å². The molecule has 0 bridgehead atoms. The first-order valence-corrected chi connectivity index (χ1v) is 10.2. The molecule has 27 heavy (non-hydrogen) atoms. The number of nitrogens with one attached hydrogen (secondary N) is 2. The molecule has 2 heterocycles. The van der Waals surface area contributed by atoms with Gasteiger partial charge in [-0.1, -0.05) is 43.2 Å². The second-order valence-electron chi connectivity index (χ2n) is 7.51. The monoisotopic (exact) mass is 376 g/mol. The van der Waals surface area contributed by atoms with Crippen molar-refractivity contribution in [2.45, 2.75) is 57.3 Å². The molecule has 0 saturated carbocycles. The summed E-state index contributed by atoms with van der Waals surface area (Å²) in [6.07, 6.45) is 6.15. The molecular weight excluding hydrogens is 344 g/mol. The summed E-state index contributed by atoms with van der Waals surface area (Å²) in [7, 11) is 0. The highest BCUT2D eigenvalue weighted by Crippen LogP contribution is 2.18. The van der Waals surface area contributed by atoms with Crippen LogP contribution in [0.25, 0.3) is 0 Å². The molecule has 1 amide bonds. The molecule has 3 unspecified atom stereocenters. The van der Waals surface area contributed by atoms with E-state index >= 15 is 0 Å². The molecule has 2 saturated heterocycles. The Hall–Kier alpha value is -1.47. The fourth-order valence-electron chi connectivity index (χ4n) is 3.50. The summed E-state index contributed by atoms with van der Waals surface area (Å²) < 4.78 is 11.0. The Labute approximate surface area is 161 Å². The number of carbonyl (C=O) groups is 1. The topological polar surface area (TPSA) is 68.8 Å². The molecule has 2 N–H and O–H groups in total. The largest absolute Gasteiger partial charge is 0.381 e. The standard InChI is InChI=1S/C21H32N2O4/c24-21(22-14-18-10-12-26-16-18)20-13-19(27-23-20)9-5-2-6-11-25-15-17-7-3-1-4-8-17/h1,3-4,7-8,18-20,23H,2,5-6,9-16H2,(H,22,24). The molecule has 2 aliphatic rings. The molecule has 0 aromatic heterocycles. The third-order valence-corrected chi connectivity index (χ3v) is 5.21. The lowest BCUT2D eigenvalue weighted by Gasteiger charge is -2.12. The summed E-state index contributed by atoms with van der Waals surface area (Å²) in [5.74, 6) is 0.495. The van der Waals surface area contributed by atoms with Gasteiger partial charge in [-0.25, -0.2) is 0 Å². The number of unbranched alkanes of at least 4 members (excludes halogenated alkanes) is 2. The summed E-state index contributed by atoms with van der Waals surface area (Å²) in [6, 6.07) is 10.0. The van der Waals surface area contributed by atoms with Gasteiger partial charge in [0.1, 0.15) is 6.04 Å². The van der Waals surface area contributed by atoms with Crippen LogP contribution in [0.3, 0.4) is 0 Å². The van der Waals surface area contributed by atoms with E-state index in [9.17, 15) is 4.79 Å². The number of hydrogen-bond acceptors (Lipinski definition) is 5. The first kappa shape index (κ1) is 20.3. The fraction of sp³-hybridized carbons (Fsp3) is 0.667. The van der Waals surface area contributed by atoms with Crippen LogP contribution >= 0.6 is 0 Å². The summed E-state index contributed by atoms with van der Waals surface area (Å²) >= 11 is 0. The zero-order valence-corrected chi connectivity index (χ0v) is 16.0. The Balaban J connectivity index is 1.18. The first-order valence-electron chi connectivity index (χ1n) is 10.2. The maximum Gasteiger partial charge on any atom is 0.239 e. The lowest BCUT2D eigenvalue weighted by atomic mass is 10.0. The highest BCUT2D eigenvalue weighted by atomic mass is 16.7. The smallest absolute Gasteiger partial charge is 0.239 e. The lowest BCUT2D eigenvalue weighted by Crippen LogP contribution is -2.42. The van der Waals surface area contributed by atoms with Gasteiger partial charge in [0.25, 0.3) is 0 Å². The van der Waals surface area contributed by atoms with Crippen molar-refractivity contribution in [3.05, 3.63) is 35.9 Å². The van der Waals surface area contributed by atoms with Crippen LogP contribution in [0.5, 0.6) is 0 Å². The number of hydroxylamine groups is 1. The summed E-state index contributed by atoms with van der Waals surface area (Å²) in [6.45, 7) is 3.73. The van der Waals surface area contributed by atoms with Crippen molar-refractivity contribution in [3.8, 4) is 0 Å².